The van der Waals surface area contributed by atoms with Gasteiger partial charge in [0.15, 0.2) is 5.13 Å². The van der Waals surface area contributed by atoms with Crippen molar-refractivity contribution >= 4 is 32.4 Å². The molecule has 0 N–H and O–H groups in total. The van der Waals surface area contributed by atoms with Crippen LogP contribution in [0.3, 0.4) is 0 Å². The minimum Gasteiger partial charge on any atom is -0.472 e. The summed E-state index contributed by atoms with van der Waals surface area (Å²) in [5, 5.41) is 2.97. The van der Waals surface area contributed by atoms with Crippen molar-refractivity contribution in [3.05, 3.63) is 34.1 Å². The molecule has 5 heteroatoms. The number of furan rings is 1. The monoisotopic (exact) mass is 272 g/mol. The Bertz CT molecular complexity index is 399. The van der Waals surface area contributed by atoms with Crippen LogP contribution in [0.4, 0.5) is 5.13 Å². The fourth-order valence-electron chi connectivity index (χ4n) is 1.14. The van der Waals surface area contributed by atoms with E-state index in [1.807, 2.05) is 18.5 Å². The molecular formula is C9H9BrN2OS. The Labute approximate surface area is 94.5 Å². The van der Waals surface area contributed by atoms with Crippen LogP contribution in [0.25, 0.3) is 0 Å². The van der Waals surface area contributed by atoms with Gasteiger partial charge in [0.25, 0.3) is 0 Å². The second-order valence-corrected chi connectivity index (χ2v) is 4.59. The summed E-state index contributed by atoms with van der Waals surface area (Å²) in [5.41, 5.74) is 1.15. The number of rotatable bonds is 3. The molecule has 2 aromatic rings. The smallest absolute Gasteiger partial charge is 0.186 e. The highest BCUT2D eigenvalue weighted by Gasteiger charge is 2.06. The van der Waals surface area contributed by atoms with Crippen molar-refractivity contribution in [2.24, 2.45) is 0 Å². The van der Waals surface area contributed by atoms with Gasteiger partial charge in [0, 0.05) is 24.5 Å². The van der Waals surface area contributed by atoms with Crippen LogP contribution in [-0.2, 0) is 6.54 Å². The van der Waals surface area contributed by atoms with Crippen molar-refractivity contribution in [3.63, 3.8) is 0 Å². The summed E-state index contributed by atoms with van der Waals surface area (Å²) in [6.07, 6.45) is 3.43. The molecule has 74 valence electrons. The van der Waals surface area contributed by atoms with Crippen LogP contribution in [-0.4, -0.2) is 12.0 Å². The maximum absolute atomic E-state index is 5.00. The number of aromatic nitrogens is 1. The highest BCUT2D eigenvalue weighted by Crippen LogP contribution is 2.23. The Balaban J connectivity index is 2.06. The Hall–Kier alpha value is -0.810. The molecule has 0 aromatic carbocycles. The summed E-state index contributed by atoms with van der Waals surface area (Å²) in [4.78, 5) is 6.41. The summed E-state index contributed by atoms with van der Waals surface area (Å²) in [5.74, 6) is 0. The first-order valence-electron chi connectivity index (χ1n) is 4.09. The van der Waals surface area contributed by atoms with Gasteiger partial charge in [0.2, 0.25) is 0 Å². The Morgan fingerprint density at radius 2 is 2.50 bits per heavy atom. The van der Waals surface area contributed by atoms with Gasteiger partial charge in [-0.25, -0.2) is 4.98 Å². The van der Waals surface area contributed by atoms with E-state index in [0.29, 0.717) is 0 Å². The molecule has 0 atom stereocenters. The quantitative estimate of drug-likeness (QED) is 0.860. The second kappa shape index (κ2) is 4.14. The van der Waals surface area contributed by atoms with Crippen LogP contribution in [0, 0.1) is 0 Å². The highest BCUT2D eigenvalue weighted by atomic mass is 79.9. The van der Waals surface area contributed by atoms with E-state index >= 15 is 0 Å². The molecular weight excluding hydrogens is 264 g/mol. The van der Waals surface area contributed by atoms with Crippen LogP contribution >= 0.6 is 27.3 Å². The van der Waals surface area contributed by atoms with Crippen LogP contribution in [0.2, 0.25) is 0 Å². The van der Waals surface area contributed by atoms with E-state index in [9.17, 15) is 0 Å². The van der Waals surface area contributed by atoms with E-state index in [4.69, 9.17) is 4.42 Å². The Kier molecular flexibility index (Phi) is 2.88. The lowest BCUT2D eigenvalue weighted by atomic mass is 10.3. The molecule has 0 saturated heterocycles. The average molecular weight is 273 g/mol. The highest BCUT2D eigenvalue weighted by molar-refractivity contribution is 9.10. The topological polar surface area (TPSA) is 29.3 Å². The minimum absolute atomic E-state index is 0.816. The van der Waals surface area contributed by atoms with E-state index < -0.39 is 0 Å². The van der Waals surface area contributed by atoms with Crippen LogP contribution in [0.15, 0.2) is 33.0 Å². The molecule has 0 bridgehead atoms. The van der Waals surface area contributed by atoms with E-state index in [1.165, 1.54) is 0 Å². The Morgan fingerprint density at radius 3 is 3.07 bits per heavy atom. The third-order valence-corrected chi connectivity index (χ3v) is 3.45. The van der Waals surface area contributed by atoms with Crippen molar-refractivity contribution in [2.45, 2.75) is 6.54 Å². The molecule has 0 aliphatic heterocycles. The van der Waals surface area contributed by atoms with E-state index in [-0.39, 0.29) is 0 Å². The lowest BCUT2D eigenvalue weighted by molar-refractivity contribution is 0.563. The zero-order chi connectivity index (χ0) is 9.97. The fourth-order valence-corrected chi connectivity index (χ4v) is 2.36. The largest absolute Gasteiger partial charge is 0.472 e. The summed E-state index contributed by atoms with van der Waals surface area (Å²) in [6.45, 7) is 0.816. The molecule has 2 aromatic heterocycles. The lowest BCUT2D eigenvalue weighted by Crippen LogP contribution is -2.15. The maximum atomic E-state index is 5.00. The fraction of sp³-hybridized carbons (Fsp3) is 0.222. The predicted octanol–water partition coefficient (Wildman–Crippen LogP) is 3.14. The maximum Gasteiger partial charge on any atom is 0.186 e. The second-order valence-electron chi connectivity index (χ2n) is 2.94. The number of nitrogens with zero attached hydrogens (tertiary/aromatic N) is 2. The summed E-state index contributed by atoms with van der Waals surface area (Å²) < 4.78 is 5.89. The van der Waals surface area contributed by atoms with Gasteiger partial charge in [0.1, 0.15) is 4.60 Å². The average Bonchev–Trinajstić information content (AvgIpc) is 2.75. The zero-order valence-electron chi connectivity index (χ0n) is 7.61. The molecule has 0 radical (unpaired) electrons. The lowest BCUT2D eigenvalue weighted by Gasteiger charge is -2.13. The first-order chi connectivity index (χ1) is 6.75. The molecule has 0 amide bonds. The van der Waals surface area contributed by atoms with Crippen molar-refractivity contribution in [1.29, 1.82) is 0 Å². The number of anilines is 1. The molecule has 14 heavy (non-hydrogen) atoms. The summed E-state index contributed by atoms with van der Waals surface area (Å²) in [7, 11) is 2.01. The predicted molar refractivity (Wildman–Crippen MR) is 60.6 cm³/mol. The van der Waals surface area contributed by atoms with Crippen molar-refractivity contribution in [2.75, 3.05) is 11.9 Å². The van der Waals surface area contributed by atoms with Crippen LogP contribution < -0.4 is 4.90 Å². The normalized spacial score (nSPS) is 10.4. The summed E-state index contributed by atoms with van der Waals surface area (Å²) in [6, 6.07) is 1.96. The number of hydrogen-bond donors (Lipinski definition) is 0. The molecule has 0 unspecified atom stereocenters. The molecule has 0 aliphatic rings. The SMILES string of the molecule is CN(Cc1ccoc1)c1nc(Br)cs1. The number of hydrogen-bond acceptors (Lipinski definition) is 4. The van der Waals surface area contributed by atoms with Gasteiger partial charge >= 0.3 is 0 Å². The summed E-state index contributed by atoms with van der Waals surface area (Å²) >= 11 is 4.95. The molecule has 2 heterocycles. The van der Waals surface area contributed by atoms with Gasteiger partial charge in [-0.15, -0.1) is 11.3 Å². The molecule has 0 fully saturated rings. The molecule has 0 spiro atoms. The first-order valence-corrected chi connectivity index (χ1v) is 5.76. The van der Waals surface area contributed by atoms with E-state index in [0.717, 1.165) is 21.8 Å². The first kappa shape index (κ1) is 9.73. The third kappa shape index (κ3) is 2.16. The van der Waals surface area contributed by atoms with Crippen molar-refractivity contribution < 1.29 is 4.42 Å². The zero-order valence-corrected chi connectivity index (χ0v) is 10.0. The number of halogens is 1. The van der Waals surface area contributed by atoms with Gasteiger partial charge in [0.05, 0.1) is 12.5 Å². The van der Waals surface area contributed by atoms with Crippen LogP contribution in [0.1, 0.15) is 5.56 Å². The minimum atomic E-state index is 0.816. The molecule has 2 rings (SSSR count). The molecule has 0 aliphatic carbocycles. The van der Waals surface area contributed by atoms with Gasteiger partial charge in [-0.2, -0.15) is 0 Å². The van der Waals surface area contributed by atoms with Crippen molar-refractivity contribution in [3.8, 4) is 0 Å². The van der Waals surface area contributed by atoms with Gasteiger partial charge < -0.3 is 9.32 Å². The molecule has 0 saturated carbocycles. The van der Waals surface area contributed by atoms with Crippen molar-refractivity contribution in [1.82, 2.24) is 4.98 Å². The van der Waals surface area contributed by atoms with Gasteiger partial charge in [-0.05, 0) is 22.0 Å². The third-order valence-electron chi connectivity index (χ3n) is 1.79. The van der Waals surface area contributed by atoms with E-state index in [2.05, 4.69) is 25.8 Å². The number of thiazole rings is 1. The van der Waals surface area contributed by atoms with Gasteiger partial charge in [-0.3, -0.25) is 0 Å². The Morgan fingerprint density at radius 1 is 1.64 bits per heavy atom. The standard InChI is InChI=1S/C9H9BrN2OS/c1-12(4-7-2-3-13-5-7)9-11-8(10)6-14-9/h2-3,5-6H,4H2,1H3. The molecule has 3 nitrogen and oxygen atoms in total. The van der Waals surface area contributed by atoms with E-state index in [1.54, 1.807) is 23.9 Å². The van der Waals surface area contributed by atoms with Crippen LogP contribution in [0.5, 0.6) is 0 Å². The van der Waals surface area contributed by atoms with Gasteiger partial charge in [-0.1, -0.05) is 0 Å².